The van der Waals surface area contributed by atoms with Gasteiger partial charge in [-0.2, -0.15) is 5.10 Å². The third kappa shape index (κ3) is 3.70. The van der Waals surface area contributed by atoms with E-state index in [0.29, 0.717) is 5.56 Å². The zero-order chi connectivity index (χ0) is 21.5. The van der Waals surface area contributed by atoms with Crippen molar-refractivity contribution < 1.29 is 9.90 Å². The summed E-state index contributed by atoms with van der Waals surface area (Å²) in [7, 11) is 0. The van der Waals surface area contributed by atoms with Gasteiger partial charge in [0.2, 0.25) is 0 Å². The highest BCUT2D eigenvalue weighted by Crippen LogP contribution is 2.47. The lowest BCUT2D eigenvalue weighted by Gasteiger charge is -2.42. The predicted octanol–water partition coefficient (Wildman–Crippen LogP) is 6.09. The van der Waals surface area contributed by atoms with Crippen LogP contribution in [-0.4, -0.2) is 20.9 Å². The second-order valence-corrected chi connectivity index (χ2v) is 9.44. The van der Waals surface area contributed by atoms with Crippen LogP contribution in [0.5, 0.6) is 0 Å². The topological polar surface area (TPSA) is 55.1 Å². The third-order valence-electron chi connectivity index (χ3n) is 6.36. The molecule has 0 fully saturated rings. The fraction of sp³-hybridized carbons (Fsp3) is 0.308. The molecule has 1 aromatic heterocycles. The molecule has 2 aromatic carbocycles. The Balaban J connectivity index is 1.83. The Bertz CT molecular complexity index is 1100. The Morgan fingerprint density at radius 1 is 1.00 bits per heavy atom. The highest BCUT2D eigenvalue weighted by atomic mass is 16.4. The molecule has 1 N–H and O–H groups in total. The van der Waals surface area contributed by atoms with Crippen LogP contribution >= 0.6 is 0 Å². The molecule has 4 nitrogen and oxygen atoms in total. The van der Waals surface area contributed by atoms with Crippen molar-refractivity contribution in [2.24, 2.45) is 0 Å². The summed E-state index contributed by atoms with van der Waals surface area (Å²) in [5.74, 6) is -0.911. The van der Waals surface area contributed by atoms with Gasteiger partial charge in [0, 0.05) is 18.0 Å². The zero-order valence-electron chi connectivity index (χ0n) is 18.0. The molecule has 1 heterocycles. The number of benzene rings is 2. The van der Waals surface area contributed by atoms with Crippen LogP contribution in [0.15, 0.2) is 54.9 Å². The van der Waals surface area contributed by atoms with Gasteiger partial charge in [0.25, 0.3) is 0 Å². The molecule has 0 aliphatic heterocycles. The van der Waals surface area contributed by atoms with Crippen molar-refractivity contribution in [2.75, 3.05) is 0 Å². The molecule has 154 valence electrons. The van der Waals surface area contributed by atoms with Crippen LogP contribution < -0.4 is 0 Å². The lowest BCUT2D eigenvalue weighted by Crippen LogP contribution is -2.34. The van der Waals surface area contributed by atoms with Crippen LogP contribution in [-0.2, 0) is 10.8 Å². The number of carboxylic acid groups (broad SMARTS) is 1. The number of carboxylic acids is 1. The highest BCUT2D eigenvalue weighted by molar-refractivity contribution is 5.88. The Labute approximate surface area is 177 Å². The molecule has 1 aliphatic carbocycles. The number of carbonyl (C=O) groups is 1. The van der Waals surface area contributed by atoms with Gasteiger partial charge in [0.1, 0.15) is 0 Å². The number of aromatic nitrogens is 2. The van der Waals surface area contributed by atoms with Crippen LogP contribution in [0, 0.1) is 0 Å². The quantitative estimate of drug-likeness (QED) is 0.539. The summed E-state index contributed by atoms with van der Waals surface area (Å²) in [6.45, 7) is 9.31. The Morgan fingerprint density at radius 3 is 2.20 bits per heavy atom. The molecular weight excluding hydrogens is 372 g/mol. The molecule has 0 atom stereocenters. The number of rotatable bonds is 4. The first-order chi connectivity index (χ1) is 14.2. The molecule has 4 rings (SSSR count). The highest BCUT2D eigenvalue weighted by Gasteiger charge is 2.37. The second kappa shape index (κ2) is 7.28. The summed E-state index contributed by atoms with van der Waals surface area (Å²) in [5.41, 5.74) is 6.46. The first-order valence-electron chi connectivity index (χ1n) is 10.4. The number of aromatic carboxylic acids is 1. The van der Waals surface area contributed by atoms with E-state index >= 15 is 0 Å². The van der Waals surface area contributed by atoms with Crippen molar-refractivity contribution >= 4 is 18.1 Å². The molecule has 0 saturated heterocycles. The van der Waals surface area contributed by atoms with Gasteiger partial charge in [-0.05, 0) is 70.7 Å². The molecule has 0 radical (unpaired) electrons. The van der Waals surface area contributed by atoms with Gasteiger partial charge >= 0.3 is 5.97 Å². The van der Waals surface area contributed by atoms with E-state index in [1.165, 1.54) is 11.1 Å². The van der Waals surface area contributed by atoms with E-state index in [-0.39, 0.29) is 10.8 Å². The fourth-order valence-electron chi connectivity index (χ4n) is 4.29. The maximum atomic E-state index is 11.1. The maximum absolute atomic E-state index is 11.1. The van der Waals surface area contributed by atoms with Gasteiger partial charge in [-0.15, -0.1) is 0 Å². The molecule has 30 heavy (non-hydrogen) atoms. The van der Waals surface area contributed by atoms with Crippen molar-refractivity contribution in [3.8, 4) is 5.69 Å². The van der Waals surface area contributed by atoms with Crippen molar-refractivity contribution in [1.29, 1.82) is 0 Å². The first-order valence-corrected chi connectivity index (χ1v) is 10.4. The van der Waals surface area contributed by atoms with Gasteiger partial charge in [0.05, 0.1) is 11.3 Å². The molecule has 0 saturated carbocycles. The van der Waals surface area contributed by atoms with E-state index < -0.39 is 5.97 Å². The Morgan fingerprint density at radius 2 is 1.63 bits per heavy atom. The standard InChI is InChI=1S/C26H28N2O2/c1-25(2)12-13-26(3,4)22-17-23(28-15-5-14-27-28)20(16-21(22)25)11-8-18-6-9-19(10-7-18)24(29)30/h5-11,14-17H,12-13H2,1-4H3,(H,29,30)/b11-8+. The summed E-state index contributed by atoms with van der Waals surface area (Å²) in [6.07, 6.45) is 10.2. The van der Waals surface area contributed by atoms with Gasteiger partial charge in [0.15, 0.2) is 0 Å². The van der Waals surface area contributed by atoms with Crippen LogP contribution in [0.3, 0.4) is 0 Å². The smallest absolute Gasteiger partial charge is 0.335 e. The summed E-state index contributed by atoms with van der Waals surface area (Å²) in [4.78, 5) is 11.1. The minimum Gasteiger partial charge on any atom is -0.478 e. The van der Waals surface area contributed by atoms with Gasteiger partial charge in [-0.25, -0.2) is 9.48 Å². The molecular formula is C26H28N2O2. The minimum atomic E-state index is -0.911. The van der Waals surface area contributed by atoms with Crippen molar-refractivity contribution in [3.05, 3.63) is 82.7 Å². The lowest BCUT2D eigenvalue weighted by atomic mass is 9.63. The second-order valence-electron chi connectivity index (χ2n) is 9.44. The number of hydrogen-bond acceptors (Lipinski definition) is 2. The summed E-state index contributed by atoms with van der Waals surface area (Å²) in [5, 5.41) is 13.6. The van der Waals surface area contributed by atoms with Gasteiger partial charge < -0.3 is 5.11 Å². The molecule has 4 heteroatoms. The van der Waals surface area contributed by atoms with Crippen LogP contribution in [0.1, 0.15) is 73.1 Å². The average Bonchev–Trinajstić information content (AvgIpc) is 3.24. The van der Waals surface area contributed by atoms with E-state index in [9.17, 15) is 4.79 Å². The van der Waals surface area contributed by atoms with Crippen LogP contribution in [0.25, 0.3) is 17.8 Å². The lowest BCUT2D eigenvalue weighted by molar-refractivity contribution is 0.0697. The number of fused-ring (bicyclic) bond motifs is 1. The van der Waals surface area contributed by atoms with E-state index in [1.54, 1.807) is 18.3 Å². The van der Waals surface area contributed by atoms with E-state index in [4.69, 9.17) is 5.11 Å². The number of nitrogens with zero attached hydrogens (tertiary/aromatic N) is 2. The summed E-state index contributed by atoms with van der Waals surface area (Å²) < 4.78 is 1.92. The number of hydrogen-bond donors (Lipinski definition) is 1. The van der Waals surface area contributed by atoms with Crippen LogP contribution in [0.4, 0.5) is 0 Å². The van der Waals surface area contributed by atoms with Crippen molar-refractivity contribution in [3.63, 3.8) is 0 Å². The van der Waals surface area contributed by atoms with Gasteiger partial charge in [-0.3, -0.25) is 0 Å². The molecule has 0 bridgehead atoms. The van der Waals surface area contributed by atoms with E-state index in [1.807, 2.05) is 35.2 Å². The maximum Gasteiger partial charge on any atom is 0.335 e. The first kappa shape index (κ1) is 20.1. The summed E-state index contributed by atoms with van der Waals surface area (Å²) in [6, 6.07) is 13.5. The molecule has 1 aliphatic rings. The van der Waals surface area contributed by atoms with Crippen LogP contribution in [0.2, 0.25) is 0 Å². The van der Waals surface area contributed by atoms with E-state index in [2.05, 4.69) is 51.0 Å². The fourth-order valence-corrected chi connectivity index (χ4v) is 4.29. The van der Waals surface area contributed by atoms with E-state index in [0.717, 1.165) is 29.7 Å². The predicted molar refractivity (Wildman–Crippen MR) is 121 cm³/mol. The third-order valence-corrected chi connectivity index (χ3v) is 6.36. The molecule has 3 aromatic rings. The van der Waals surface area contributed by atoms with Gasteiger partial charge in [-0.1, -0.05) is 52.0 Å². The minimum absolute atomic E-state index is 0.124. The Kier molecular flexibility index (Phi) is 4.89. The Hall–Kier alpha value is -3.14. The van der Waals surface area contributed by atoms with Crippen molar-refractivity contribution in [2.45, 2.75) is 51.4 Å². The summed E-state index contributed by atoms with van der Waals surface area (Å²) >= 11 is 0. The molecule has 0 unspecified atom stereocenters. The molecule has 0 spiro atoms. The largest absolute Gasteiger partial charge is 0.478 e. The average molecular weight is 401 g/mol. The molecule has 0 amide bonds. The normalized spacial score (nSPS) is 17.1. The van der Waals surface area contributed by atoms with Crippen molar-refractivity contribution in [1.82, 2.24) is 9.78 Å². The monoisotopic (exact) mass is 400 g/mol. The SMILES string of the molecule is CC1(C)CCC(C)(C)c2cc(-n3cccn3)c(/C=C/c3ccc(C(=O)O)cc3)cc21. The zero-order valence-corrected chi connectivity index (χ0v) is 18.0.